The van der Waals surface area contributed by atoms with Gasteiger partial charge in [0, 0.05) is 42.7 Å². The zero-order valence-corrected chi connectivity index (χ0v) is 15.3. The standard InChI is InChI=1S/C18H21N5OS/c1-12-14(23-9-4-3-5-16(23)19-12)6-7-17(24)21-18-20-13-8-10-22(2)11-15(13)25-18/h3-5,9H,6-8,10-11H2,1-2H3,(H,20,21,24). The molecule has 4 heterocycles. The van der Waals surface area contributed by atoms with Gasteiger partial charge in [-0.1, -0.05) is 6.07 Å². The van der Waals surface area contributed by atoms with Crippen molar-refractivity contribution in [1.82, 2.24) is 19.3 Å². The van der Waals surface area contributed by atoms with E-state index >= 15 is 0 Å². The fourth-order valence-electron chi connectivity index (χ4n) is 3.26. The highest BCUT2D eigenvalue weighted by Gasteiger charge is 2.19. The monoisotopic (exact) mass is 355 g/mol. The second-order valence-electron chi connectivity index (χ2n) is 6.50. The van der Waals surface area contributed by atoms with Crippen LogP contribution in [0.4, 0.5) is 5.13 Å². The van der Waals surface area contributed by atoms with Crippen LogP contribution in [0, 0.1) is 6.92 Å². The van der Waals surface area contributed by atoms with Crippen LogP contribution >= 0.6 is 11.3 Å². The molecule has 0 spiro atoms. The number of fused-ring (bicyclic) bond motifs is 2. The van der Waals surface area contributed by atoms with Crippen LogP contribution in [0.1, 0.15) is 28.4 Å². The van der Waals surface area contributed by atoms with E-state index in [0.29, 0.717) is 12.8 Å². The maximum atomic E-state index is 12.3. The molecule has 0 bridgehead atoms. The Bertz CT molecular complexity index is 929. The van der Waals surface area contributed by atoms with E-state index in [-0.39, 0.29) is 5.91 Å². The number of pyridine rings is 1. The molecule has 0 saturated carbocycles. The molecule has 1 amide bonds. The number of carbonyl (C=O) groups is 1. The van der Waals surface area contributed by atoms with Gasteiger partial charge in [-0.2, -0.15) is 0 Å². The summed E-state index contributed by atoms with van der Waals surface area (Å²) in [6.45, 7) is 3.94. The number of likely N-dealkylation sites (N-methyl/N-ethyl adjacent to an activating group) is 1. The number of nitrogens with zero attached hydrogens (tertiary/aromatic N) is 4. The topological polar surface area (TPSA) is 62.5 Å². The van der Waals surface area contributed by atoms with Crippen LogP contribution < -0.4 is 5.32 Å². The van der Waals surface area contributed by atoms with Gasteiger partial charge in [-0.15, -0.1) is 11.3 Å². The van der Waals surface area contributed by atoms with E-state index in [4.69, 9.17) is 0 Å². The van der Waals surface area contributed by atoms with Crippen molar-refractivity contribution in [2.24, 2.45) is 0 Å². The Balaban J connectivity index is 1.42. The molecule has 4 rings (SSSR count). The molecule has 25 heavy (non-hydrogen) atoms. The van der Waals surface area contributed by atoms with Crippen molar-refractivity contribution in [3.63, 3.8) is 0 Å². The van der Waals surface area contributed by atoms with E-state index in [0.717, 1.165) is 47.4 Å². The molecular formula is C18H21N5OS. The van der Waals surface area contributed by atoms with Crippen molar-refractivity contribution >= 4 is 28.0 Å². The first-order valence-corrected chi connectivity index (χ1v) is 9.31. The Morgan fingerprint density at radius 3 is 3.12 bits per heavy atom. The largest absolute Gasteiger partial charge is 0.304 e. The number of rotatable bonds is 4. The van der Waals surface area contributed by atoms with Crippen LogP contribution in [0.15, 0.2) is 24.4 Å². The number of hydrogen-bond donors (Lipinski definition) is 1. The second-order valence-corrected chi connectivity index (χ2v) is 7.58. The second kappa shape index (κ2) is 6.57. The summed E-state index contributed by atoms with van der Waals surface area (Å²) >= 11 is 1.59. The Morgan fingerprint density at radius 1 is 1.36 bits per heavy atom. The quantitative estimate of drug-likeness (QED) is 0.781. The Kier molecular flexibility index (Phi) is 4.27. The molecule has 3 aromatic heterocycles. The summed E-state index contributed by atoms with van der Waals surface area (Å²) in [6.07, 6.45) is 4.04. The lowest BCUT2D eigenvalue weighted by atomic mass is 10.2. The third kappa shape index (κ3) is 3.29. The molecule has 0 aromatic carbocycles. The molecule has 0 fully saturated rings. The molecule has 1 N–H and O–H groups in total. The highest BCUT2D eigenvalue weighted by molar-refractivity contribution is 7.15. The Morgan fingerprint density at radius 2 is 2.24 bits per heavy atom. The Hall–Kier alpha value is -2.25. The maximum Gasteiger partial charge on any atom is 0.226 e. The minimum absolute atomic E-state index is 0.00438. The van der Waals surface area contributed by atoms with E-state index in [9.17, 15) is 4.79 Å². The lowest BCUT2D eigenvalue weighted by Gasteiger charge is -2.20. The highest BCUT2D eigenvalue weighted by Crippen LogP contribution is 2.27. The minimum Gasteiger partial charge on any atom is -0.304 e. The number of nitrogens with one attached hydrogen (secondary N) is 1. The molecule has 0 aliphatic carbocycles. The van der Waals surface area contributed by atoms with Gasteiger partial charge in [0.15, 0.2) is 5.13 Å². The van der Waals surface area contributed by atoms with Crippen molar-refractivity contribution < 1.29 is 4.79 Å². The van der Waals surface area contributed by atoms with Gasteiger partial charge in [0.2, 0.25) is 5.91 Å². The van der Waals surface area contributed by atoms with E-state index in [1.165, 1.54) is 4.88 Å². The zero-order chi connectivity index (χ0) is 17.4. The average Bonchev–Trinajstić information content (AvgIpc) is 3.11. The molecule has 0 radical (unpaired) electrons. The van der Waals surface area contributed by atoms with Crippen LogP contribution in [0.2, 0.25) is 0 Å². The summed E-state index contributed by atoms with van der Waals surface area (Å²) in [6, 6.07) is 5.93. The number of thiazole rings is 1. The molecule has 6 nitrogen and oxygen atoms in total. The van der Waals surface area contributed by atoms with Crippen molar-refractivity contribution in [1.29, 1.82) is 0 Å². The predicted molar refractivity (Wildman–Crippen MR) is 99.0 cm³/mol. The van der Waals surface area contributed by atoms with Crippen molar-refractivity contribution in [2.45, 2.75) is 32.7 Å². The van der Waals surface area contributed by atoms with E-state index in [1.54, 1.807) is 11.3 Å². The number of amides is 1. The molecular weight excluding hydrogens is 334 g/mol. The smallest absolute Gasteiger partial charge is 0.226 e. The summed E-state index contributed by atoms with van der Waals surface area (Å²) in [7, 11) is 2.11. The molecule has 7 heteroatoms. The van der Waals surface area contributed by atoms with Crippen molar-refractivity contribution in [2.75, 3.05) is 18.9 Å². The third-order valence-corrected chi connectivity index (χ3v) is 5.58. The van der Waals surface area contributed by atoms with Gasteiger partial charge in [0.25, 0.3) is 0 Å². The lowest BCUT2D eigenvalue weighted by molar-refractivity contribution is -0.116. The van der Waals surface area contributed by atoms with Gasteiger partial charge < -0.3 is 14.6 Å². The summed E-state index contributed by atoms with van der Waals surface area (Å²) in [5, 5.41) is 3.69. The van der Waals surface area contributed by atoms with Gasteiger partial charge in [0.1, 0.15) is 5.65 Å². The molecule has 3 aromatic rings. The minimum atomic E-state index is 0.00438. The summed E-state index contributed by atoms with van der Waals surface area (Å²) < 4.78 is 2.06. The van der Waals surface area contributed by atoms with Crippen LogP contribution in [0.3, 0.4) is 0 Å². The number of aromatic nitrogens is 3. The highest BCUT2D eigenvalue weighted by atomic mass is 32.1. The number of anilines is 1. The molecule has 1 aliphatic heterocycles. The molecule has 0 atom stereocenters. The first kappa shape index (κ1) is 16.2. The first-order chi connectivity index (χ1) is 12.1. The van der Waals surface area contributed by atoms with E-state index in [2.05, 4.69) is 31.6 Å². The lowest BCUT2D eigenvalue weighted by Crippen LogP contribution is -2.25. The maximum absolute atomic E-state index is 12.3. The van der Waals surface area contributed by atoms with Crippen LogP contribution in [0.25, 0.3) is 5.65 Å². The van der Waals surface area contributed by atoms with Crippen LogP contribution in [0.5, 0.6) is 0 Å². The summed E-state index contributed by atoms with van der Waals surface area (Å²) in [5.41, 5.74) is 4.13. The van der Waals surface area contributed by atoms with Crippen LogP contribution in [-0.4, -0.2) is 38.8 Å². The number of aryl methyl sites for hydroxylation is 2. The van der Waals surface area contributed by atoms with Gasteiger partial charge >= 0.3 is 0 Å². The fourth-order valence-corrected chi connectivity index (χ4v) is 4.36. The molecule has 1 aliphatic rings. The first-order valence-electron chi connectivity index (χ1n) is 8.49. The molecule has 130 valence electrons. The Labute approximate surface area is 150 Å². The normalized spacial score (nSPS) is 14.6. The van der Waals surface area contributed by atoms with Gasteiger partial charge in [-0.05, 0) is 32.5 Å². The zero-order valence-electron chi connectivity index (χ0n) is 14.5. The molecule has 0 unspecified atom stereocenters. The van der Waals surface area contributed by atoms with Crippen molar-refractivity contribution in [3.8, 4) is 0 Å². The van der Waals surface area contributed by atoms with Gasteiger partial charge in [0.05, 0.1) is 11.4 Å². The van der Waals surface area contributed by atoms with Gasteiger partial charge in [-0.3, -0.25) is 4.79 Å². The average molecular weight is 355 g/mol. The fraction of sp³-hybridized carbons (Fsp3) is 0.389. The van der Waals surface area contributed by atoms with Crippen molar-refractivity contribution in [3.05, 3.63) is 46.4 Å². The molecule has 0 saturated heterocycles. The van der Waals surface area contributed by atoms with E-state index < -0.39 is 0 Å². The summed E-state index contributed by atoms with van der Waals surface area (Å²) in [4.78, 5) is 25.0. The van der Waals surface area contributed by atoms with Gasteiger partial charge in [-0.25, -0.2) is 9.97 Å². The number of imidazole rings is 1. The van der Waals surface area contributed by atoms with Crippen LogP contribution in [-0.2, 0) is 24.2 Å². The predicted octanol–water partition coefficient (Wildman–Crippen LogP) is 2.66. The summed E-state index contributed by atoms with van der Waals surface area (Å²) in [5.74, 6) is 0.00438. The SMILES string of the molecule is Cc1nc2ccccn2c1CCC(=O)Nc1nc2c(s1)CN(C)CC2. The van der Waals surface area contributed by atoms with E-state index in [1.807, 2.05) is 31.3 Å². The third-order valence-electron chi connectivity index (χ3n) is 4.59. The number of carbonyl (C=O) groups excluding carboxylic acids is 1. The number of hydrogen-bond acceptors (Lipinski definition) is 5.